The minimum Gasteiger partial charge on any atom is -0.426 e. The first-order chi connectivity index (χ1) is 8.00. The van der Waals surface area contributed by atoms with E-state index in [0.29, 0.717) is 22.2 Å². The zero-order valence-corrected chi connectivity index (χ0v) is 15.8. The molecule has 18 heavy (non-hydrogen) atoms. The van der Waals surface area contributed by atoms with Gasteiger partial charge in [-0.1, -0.05) is 24.8 Å². The maximum absolute atomic E-state index is 12.0. The maximum atomic E-state index is 12.0. The zero-order chi connectivity index (χ0) is 12.6. The predicted molar refractivity (Wildman–Crippen MR) is 63.0 cm³/mol. The number of rotatable bonds is 2. The maximum Gasteiger partial charge on any atom is 1.00 e. The average Bonchev–Trinajstić information content (AvgIpc) is 2.27. The van der Waals surface area contributed by atoms with Crippen LogP contribution in [0.1, 0.15) is 30.0 Å². The minimum atomic E-state index is -0.681. The summed E-state index contributed by atoms with van der Waals surface area (Å²) < 4.78 is 4.89. The van der Waals surface area contributed by atoms with Gasteiger partial charge in [0.1, 0.15) is 5.78 Å². The fourth-order valence-corrected chi connectivity index (χ4v) is 1.68. The summed E-state index contributed by atoms with van der Waals surface area (Å²) in [6.45, 7) is 5.28. The summed E-state index contributed by atoms with van der Waals surface area (Å²) in [4.78, 5) is 27.0. The average molecular weight is 316 g/mol. The van der Waals surface area contributed by atoms with Crippen LogP contribution in [-0.2, 0) is 0 Å². The third-order valence-corrected chi connectivity index (χ3v) is 2.58. The summed E-state index contributed by atoms with van der Waals surface area (Å²) in [6, 6.07) is 6.11. The Morgan fingerprint density at radius 1 is 1.39 bits per heavy atom. The van der Waals surface area contributed by atoms with Crippen LogP contribution in [0.25, 0.3) is 10.9 Å². The quantitative estimate of drug-likeness (QED) is 0.534. The van der Waals surface area contributed by atoms with E-state index < -0.39 is 5.76 Å². The second-order valence-electron chi connectivity index (χ2n) is 4.19. The molecule has 0 radical (unpaired) electrons. The molecule has 0 N–H and O–H groups in total. The van der Waals surface area contributed by atoms with Gasteiger partial charge in [-0.15, -0.1) is 0 Å². The van der Waals surface area contributed by atoms with Gasteiger partial charge >= 0.3 is 63.9 Å². The molecule has 4 nitrogen and oxygen atoms in total. The Balaban J connectivity index is 0.00000162. The van der Waals surface area contributed by atoms with Crippen molar-refractivity contribution in [2.24, 2.45) is 5.92 Å². The Morgan fingerprint density at radius 3 is 2.67 bits per heavy atom. The molecule has 1 heterocycles. The SMILES string of the molecule is Cc1oc(=O)nc2c(C(=O)C(C)C)c[c-]cc12.[Rb+]. The third kappa shape index (κ3) is 3.04. The summed E-state index contributed by atoms with van der Waals surface area (Å²) in [6.07, 6.45) is 0. The smallest absolute Gasteiger partial charge is 0.426 e. The number of Topliss-reactive ketones (excluding diaryl/α,β-unsaturated/α-hetero) is 1. The van der Waals surface area contributed by atoms with Crippen LogP contribution in [0, 0.1) is 18.9 Å². The Hall–Kier alpha value is -0.165. The van der Waals surface area contributed by atoms with Gasteiger partial charge < -0.3 is 9.21 Å². The summed E-state index contributed by atoms with van der Waals surface area (Å²) >= 11 is 0. The molecule has 0 unspecified atom stereocenters. The number of nitrogens with zero attached hydrogens (tertiary/aromatic N) is 1. The topological polar surface area (TPSA) is 60.2 Å². The van der Waals surface area contributed by atoms with Gasteiger partial charge in [-0.25, -0.2) is 9.78 Å². The molecule has 0 fully saturated rings. The van der Waals surface area contributed by atoms with E-state index in [4.69, 9.17) is 4.42 Å². The van der Waals surface area contributed by atoms with E-state index in [1.54, 1.807) is 32.9 Å². The Kier molecular flexibility index (Phi) is 5.58. The van der Waals surface area contributed by atoms with E-state index in [-0.39, 0.29) is 69.9 Å². The molecular weight excluding hydrogens is 304 g/mol. The summed E-state index contributed by atoms with van der Waals surface area (Å²) in [5.41, 5.74) is 0.824. The van der Waals surface area contributed by atoms with Crippen molar-refractivity contribution in [2.75, 3.05) is 0 Å². The Bertz CT molecular complexity index is 646. The summed E-state index contributed by atoms with van der Waals surface area (Å²) in [5.74, 6) is -0.429. The molecule has 0 aliphatic heterocycles. The minimum absolute atomic E-state index is 0. The number of hydrogen-bond donors (Lipinski definition) is 0. The van der Waals surface area contributed by atoms with E-state index in [0.717, 1.165) is 0 Å². The van der Waals surface area contributed by atoms with Gasteiger partial charge in [0.15, 0.2) is 0 Å². The van der Waals surface area contributed by atoms with Gasteiger partial charge in [0.2, 0.25) is 0 Å². The van der Waals surface area contributed by atoms with Gasteiger partial charge in [-0.2, -0.15) is 18.2 Å². The van der Waals surface area contributed by atoms with Crippen LogP contribution in [0.5, 0.6) is 0 Å². The number of carbonyl (C=O) groups is 1. The van der Waals surface area contributed by atoms with Crippen LogP contribution in [0.2, 0.25) is 0 Å². The molecule has 88 valence electrons. The van der Waals surface area contributed by atoms with Gasteiger partial charge in [-0.3, -0.25) is 0 Å². The largest absolute Gasteiger partial charge is 1.00 e. The molecule has 1 aromatic carbocycles. The fraction of sp³-hybridized carbons (Fsp3) is 0.308. The number of carbonyl (C=O) groups excluding carboxylic acids is 1. The first-order valence-corrected chi connectivity index (χ1v) is 5.36. The first-order valence-electron chi connectivity index (χ1n) is 5.36. The molecule has 5 heteroatoms. The number of hydrogen-bond acceptors (Lipinski definition) is 4. The van der Waals surface area contributed by atoms with E-state index in [2.05, 4.69) is 11.1 Å². The molecule has 1 aromatic heterocycles. The zero-order valence-electron chi connectivity index (χ0n) is 10.9. The number of benzene rings is 1. The predicted octanol–water partition coefficient (Wildman–Crippen LogP) is -0.861. The molecule has 0 saturated heterocycles. The van der Waals surface area contributed by atoms with Crippen molar-refractivity contribution >= 4 is 16.7 Å². The number of ketones is 1. The van der Waals surface area contributed by atoms with Gasteiger partial charge in [0.25, 0.3) is 0 Å². The van der Waals surface area contributed by atoms with Crippen LogP contribution in [-0.4, -0.2) is 10.8 Å². The second kappa shape index (κ2) is 6.32. The third-order valence-electron chi connectivity index (χ3n) is 2.58. The molecular formula is C13H12NO3Rb. The normalized spacial score (nSPS) is 10.4. The number of aromatic nitrogens is 1. The van der Waals surface area contributed by atoms with Crippen molar-refractivity contribution in [3.63, 3.8) is 0 Å². The number of fused-ring (bicyclic) bond motifs is 1. The fourth-order valence-electron chi connectivity index (χ4n) is 1.68. The van der Waals surface area contributed by atoms with Crippen molar-refractivity contribution in [3.8, 4) is 0 Å². The van der Waals surface area contributed by atoms with E-state index in [1.165, 1.54) is 0 Å². The van der Waals surface area contributed by atoms with Crippen molar-refractivity contribution in [3.05, 3.63) is 40.1 Å². The molecule has 0 aliphatic carbocycles. The van der Waals surface area contributed by atoms with Gasteiger partial charge in [0, 0.05) is 5.92 Å². The van der Waals surface area contributed by atoms with Crippen molar-refractivity contribution in [1.29, 1.82) is 0 Å². The van der Waals surface area contributed by atoms with E-state index >= 15 is 0 Å². The van der Waals surface area contributed by atoms with Crippen molar-refractivity contribution < 1.29 is 67.4 Å². The number of aryl methyl sites for hydroxylation is 1. The van der Waals surface area contributed by atoms with Crippen LogP contribution < -0.4 is 63.9 Å². The molecule has 0 atom stereocenters. The molecule has 0 spiro atoms. The Labute approximate surface area is 154 Å². The Morgan fingerprint density at radius 2 is 2.06 bits per heavy atom. The summed E-state index contributed by atoms with van der Waals surface area (Å²) in [5, 5.41) is 0.649. The van der Waals surface area contributed by atoms with Crippen LogP contribution in [0.15, 0.2) is 21.3 Å². The second-order valence-corrected chi connectivity index (χ2v) is 4.19. The first kappa shape index (κ1) is 15.9. The van der Waals surface area contributed by atoms with Crippen LogP contribution >= 0.6 is 0 Å². The van der Waals surface area contributed by atoms with Crippen molar-refractivity contribution in [2.45, 2.75) is 20.8 Å². The van der Waals surface area contributed by atoms with E-state index in [9.17, 15) is 9.59 Å². The molecule has 0 amide bonds. The molecule has 0 bridgehead atoms. The van der Waals surface area contributed by atoms with Crippen LogP contribution in [0.3, 0.4) is 0 Å². The monoisotopic (exact) mass is 315 g/mol. The molecule has 2 aromatic rings. The van der Waals surface area contributed by atoms with Crippen molar-refractivity contribution in [1.82, 2.24) is 4.98 Å². The standard InChI is InChI=1S/C13H12NO3.Rb/c1-7(2)12(15)10-6-4-5-9-8(3)17-13(16)14-11(9)10;/h5-7H,1-3H3;/q-1;+1. The van der Waals surface area contributed by atoms with E-state index in [1.807, 2.05) is 0 Å². The molecule has 0 saturated carbocycles. The molecule has 2 rings (SSSR count). The van der Waals surface area contributed by atoms with Crippen LogP contribution in [0.4, 0.5) is 0 Å². The molecule has 0 aliphatic rings. The summed E-state index contributed by atoms with van der Waals surface area (Å²) in [7, 11) is 0. The van der Waals surface area contributed by atoms with Gasteiger partial charge in [0.05, 0.1) is 5.76 Å². The van der Waals surface area contributed by atoms with Gasteiger partial charge in [-0.05, 0) is 12.4 Å².